The van der Waals surface area contributed by atoms with Crippen LogP contribution in [-0.4, -0.2) is 38.4 Å². The van der Waals surface area contributed by atoms with Crippen molar-refractivity contribution in [1.29, 1.82) is 0 Å². The van der Waals surface area contributed by atoms with Crippen LogP contribution in [0.1, 0.15) is 0 Å². The molecule has 1 radical (unpaired) electrons. The van der Waals surface area contributed by atoms with E-state index in [1.54, 1.807) is 36.7 Å². The maximum Gasteiger partial charge on any atom is 0.331 e. The van der Waals surface area contributed by atoms with Gasteiger partial charge in [0.25, 0.3) is 0 Å². The van der Waals surface area contributed by atoms with Crippen molar-refractivity contribution in [1.82, 2.24) is 10.6 Å². The van der Waals surface area contributed by atoms with E-state index in [0.29, 0.717) is 18.8 Å². The molecule has 2 N–H and O–H groups in total. The predicted molar refractivity (Wildman–Crippen MR) is 65.8 cm³/mol. The van der Waals surface area contributed by atoms with E-state index in [2.05, 4.69) is 10.6 Å². The van der Waals surface area contributed by atoms with Gasteiger partial charge in [0.05, 0.1) is 12.3 Å². The van der Waals surface area contributed by atoms with Gasteiger partial charge in [-0.15, -0.1) is 0 Å². The standard InChI is InChI=1S/C12H14N3O3/c16-9-15(10-4-2-1-3-5-10)12(17)14-11-8-13-6-7-18-11/h1-5,11,13H,6-8H2,(H,14,17). The normalized spacial score (nSPS) is 19.0. The van der Waals surface area contributed by atoms with Gasteiger partial charge in [-0.25, -0.2) is 9.69 Å². The Morgan fingerprint density at radius 3 is 2.83 bits per heavy atom. The number of nitrogens with zero attached hydrogens (tertiary/aromatic N) is 1. The second kappa shape index (κ2) is 6.13. The van der Waals surface area contributed by atoms with Gasteiger partial charge in [0.15, 0.2) is 0 Å². The van der Waals surface area contributed by atoms with Crippen molar-refractivity contribution in [3.8, 4) is 0 Å². The average Bonchev–Trinajstić information content (AvgIpc) is 2.42. The van der Waals surface area contributed by atoms with E-state index >= 15 is 0 Å². The van der Waals surface area contributed by atoms with Gasteiger partial charge in [0, 0.05) is 13.1 Å². The van der Waals surface area contributed by atoms with Crippen LogP contribution in [0, 0.1) is 0 Å². The molecule has 1 aromatic rings. The number of rotatable bonds is 3. The van der Waals surface area contributed by atoms with Crippen molar-refractivity contribution >= 4 is 18.1 Å². The number of anilines is 1. The smallest absolute Gasteiger partial charge is 0.331 e. The number of ether oxygens (including phenoxy) is 1. The van der Waals surface area contributed by atoms with Crippen molar-refractivity contribution < 1.29 is 14.3 Å². The molecule has 0 spiro atoms. The zero-order chi connectivity index (χ0) is 12.8. The van der Waals surface area contributed by atoms with Crippen molar-refractivity contribution in [3.63, 3.8) is 0 Å². The second-order valence-corrected chi connectivity index (χ2v) is 3.78. The summed E-state index contributed by atoms with van der Waals surface area (Å²) >= 11 is 0. The molecule has 0 aromatic heterocycles. The van der Waals surface area contributed by atoms with E-state index in [-0.39, 0.29) is 0 Å². The molecular weight excluding hydrogens is 234 g/mol. The minimum Gasteiger partial charge on any atom is -0.356 e. The molecule has 95 valence electrons. The fourth-order valence-corrected chi connectivity index (χ4v) is 1.65. The third-order valence-electron chi connectivity index (χ3n) is 2.52. The summed E-state index contributed by atoms with van der Waals surface area (Å²) in [5, 5.41) is 5.69. The molecule has 3 amide bonds. The van der Waals surface area contributed by atoms with Crippen molar-refractivity contribution in [3.05, 3.63) is 30.3 Å². The second-order valence-electron chi connectivity index (χ2n) is 3.78. The van der Waals surface area contributed by atoms with Gasteiger partial charge in [-0.2, -0.15) is 0 Å². The Labute approximate surface area is 105 Å². The highest BCUT2D eigenvalue weighted by Crippen LogP contribution is 2.11. The molecule has 1 aliphatic heterocycles. The first-order valence-corrected chi connectivity index (χ1v) is 5.67. The maximum absolute atomic E-state index is 11.9. The quantitative estimate of drug-likeness (QED) is 0.750. The molecule has 1 fully saturated rings. The molecule has 18 heavy (non-hydrogen) atoms. The molecule has 0 bridgehead atoms. The summed E-state index contributed by atoms with van der Waals surface area (Å²) < 4.78 is 5.33. The minimum absolute atomic E-state index is 0.425. The van der Waals surface area contributed by atoms with Crippen LogP contribution in [0.4, 0.5) is 10.5 Å². The van der Waals surface area contributed by atoms with Crippen LogP contribution < -0.4 is 15.5 Å². The van der Waals surface area contributed by atoms with Gasteiger partial charge >= 0.3 is 12.4 Å². The average molecular weight is 248 g/mol. The topological polar surface area (TPSA) is 70.7 Å². The molecule has 1 unspecified atom stereocenters. The lowest BCUT2D eigenvalue weighted by Crippen LogP contribution is -2.52. The number of hydrogen-bond acceptors (Lipinski definition) is 4. The lowest BCUT2D eigenvalue weighted by Gasteiger charge is -2.26. The Hall–Kier alpha value is -1.92. The SMILES string of the molecule is O=[C]N(C(=O)NC1CNCCO1)c1ccccc1. The van der Waals surface area contributed by atoms with Crippen molar-refractivity contribution in [2.45, 2.75) is 6.23 Å². The first-order valence-electron chi connectivity index (χ1n) is 5.67. The highest BCUT2D eigenvalue weighted by atomic mass is 16.5. The number of morpholine rings is 1. The summed E-state index contributed by atoms with van der Waals surface area (Å²) in [6.07, 6.45) is 1.18. The number of carbonyl (C=O) groups is 1. The fourth-order valence-electron chi connectivity index (χ4n) is 1.65. The van der Waals surface area contributed by atoms with Crippen LogP contribution in [0.2, 0.25) is 0 Å². The lowest BCUT2D eigenvalue weighted by atomic mass is 10.3. The van der Waals surface area contributed by atoms with E-state index in [0.717, 1.165) is 11.4 Å². The molecule has 6 nitrogen and oxygen atoms in total. The third-order valence-corrected chi connectivity index (χ3v) is 2.52. The van der Waals surface area contributed by atoms with Crippen LogP contribution in [0.5, 0.6) is 0 Å². The van der Waals surface area contributed by atoms with Crippen LogP contribution in [-0.2, 0) is 9.53 Å². The number of amides is 3. The summed E-state index contributed by atoms with van der Waals surface area (Å²) in [5.74, 6) is 0. The first kappa shape index (κ1) is 12.5. The predicted octanol–water partition coefficient (Wildman–Crippen LogP) is 0.216. The van der Waals surface area contributed by atoms with E-state index in [4.69, 9.17) is 4.74 Å². The Morgan fingerprint density at radius 1 is 1.44 bits per heavy atom. The number of urea groups is 1. The molecule has 0 aliphatic carbocycles. The first-order chi connectivity index (χ1) is 8.81. The highest BCUT2D eigenvalue weighted by Gasteiger charge is 2.21. The summed E-state index contributed by atoms with van der Waals surface area (Å²) in [6, 6.07) is 8.05. The van der Waals surface area contributed by atoms with Crippen LogP contribution in [0.25, 0.3) is 0 Å². The molecule has 1 atom stereocenters. The number of imide groups is 1. The Morgan fingerprint density at radius 2 is 2.22 bits per heavy atom. The van der Waals surface area contributed by atoms with Gasteiger partial charge in [-0.05, 0) is 12.1 Å². The third kappa shape index (κ3) is 3.06. The maximum atomic E-state index is 11.9. The Bertz CT molecular complexity index is 404. The molecule has 1 aromatic carbocycles. The van der Waals surface area contributed by atoms with Gasteiger partial charge in [0.2, 0.25) is 0 Å². The van der Waals surface area contributed by atoms with Gasteiger partial charge < -0.3 is 15.4 Å². The zero-order valence-corrected chi connectivity index (χ0v) is 9.76. The van der Waals surface area contributed by atoms with Crippen LogP contribution in [0.3, 0.4) is 0 Å². The molecule has 0 saturated carbocycles. The van der Waals surface area contributed by atoms with Crippen molar-refractivity contribution in [2.75, 3.05) is 24.6 Å². The fraction of sp³-hybridized carbons (Fsp3) is 0.333. The van der Waals surface area contributed by atoms with Gasteiger partial charge in [-0.3, -0.25) is 4.79 Å². The molecule has 1 saturated heterocycles. The number of para-hydroxylation sites is 1. The molecular formula is C12H14N3O3. The number of nitrogens with one attached hydrogen (secondary N) is 2. The molecule has 2 rings (SSSR count). The Kier molecular flexibility index (Phi) is 4.27. The van der Waals surface area contributed by atoms with Gasteiger partial charge in [0.1, 0.15) is 6.23 Å². The van der Waals surface area contributed by atoms with Gasteiger partial charge in [-0.1, -0.05) is 18.2 Å². The van der Waals surface area contributed by atoms with E-state index in [9.17, 15) is 9.59 Å². The summed E-state index contributed by atoms with van der Waals surface area (Å²) in [5.41, 5.74) is 0.466. The zero-order valence-electron chi connectivity index (χ0n) is 9.76. The molecule has 1 heterocycles. The minimum atomic E-state index is -0.551. The van der Waals surface area contributed by atoms with E-state index < -0.39 is 12.3 Å². The largest absolute Gasteiger partial charge is 0.356 e. The van der Waals surface area contributed by atoms with Crippen LogP contribution >= 0.6 is 0 Å². The Balaban J connectivity index is 1.99. The summed E-state index contributed by atoms with van der Waals surface area (Å²) in [4.78, 5) is 23.6. The van der Waals surface area contributed by atoms with Crippen LogP contribution in [0.15, 0.2) is 30.3 Å². The summed E-state index contributed by atoms with van der Waals surface area (Å²) in [7, 11) is 0. The molecule has 6 heteroatoms. The van der Waals surface area contributed by atoms with E-state index in [1.807, 2.05) is 0 Å². The number of benzene rings is 1. The summed E-state index contributed by atoms with van der Waals surface area (Å²) in [6.45, 7) is 1.81. The lowest BCUT2D eigenvalue weighted by molar-refractivity contribution is 0.0152. The van der Waals surface area contributed by atoms with Crippen molar-refractivity contribution in [2.24, 2.45) is 0 Å². The monoisotopic (exact) mass is 248 g/mol. The number of carbonyl (C=O) groups excluding carboxylic acids is 2. The number of hydrogen-bond donors (Lipinski definition) is 2. The molecule has 1 aliphatic rings. The highest BCUT2D eigenvalue weighted by molar-refractivity contribution is 6.06. The van der Waals surface area contributed by atoms with E-state index in [1.165, 1.54) is 0 Å².